The maximum Gasteiger partial charge on any atom is 0.333 e. The van der Waals surface area contributed by atoms with E-state index in [-0.39, 0.29) is 17.4 Å². The van der Waals surface area contributed by atoms with Gasteiger partial charge >= 0.3 is 17.9 Å². The lowest BCUT2D eigenvalue weighted by Crippen LogP contribution is -2.33. The summed E-state index contributed by atoms with van der Waals surface area (Å²) >= 11 is 0. The predicted molar refractivity (Wildman–Crippen MR) is 116 cm³/mol. The first-order valence-electron chi connectivity index (χ1n) is 10.2. The van der Waals surface area contributed by atoms with E-state index in [1.165, 1.54) is 6.92 Å². The van der Waals surface area contributed by atoms with Crippen molar-refractivity contribution < 1.29 is 29.0 Å². The van der Waals surface area contributed by atoms with Crippen LogP contribution in [-0.4, -0.2) is 36.2 Å². The fourth-order valence-corrected chi connectivity index (χ4v) is 3.19. The Bertz CT molecular complexity index is 793. The van der Waals surface area contributed by atoms with Gasteiger partial charge in [0, 0.05) is 12.5 Å². The van der Waals surface area contributed by atoms with Gasteiger partial charge in [0.05, 0.1) is 18.6 Å². The van der Waals surface area contributed by atoms with Crippen molar-refractivity contribution >= 4 is 24.0 Å². The van der Waals surface area contributed by atoms with Gasteiger partial charge in [-0.25, -0.2) is 4.79 Å². The molecule has 1 rings (SSSR count). The molecule has 0 aliphatic carbocycles. The largest absolute Gasteiger partial charge is 0.481 e. The summed E-state index contributed by atoms with van der Waals surface area (Å²) in [5.41, 5.74) is 0.586. The van der Waals surface area contributed by atoms with Crippen LogP contribution in [0.2, 0.25) is 0 Å². The van der Waals surface area contributed by atoms with Crippen molar-refractivity contribution in [2.24, 2.45) is 5.41 Å². The normalized spacial score (nSPS) is 14.0. The second kappa shape index (κ2) is 11.0. The van der Waals surface area contributed by atoms with Crippen LogP contribution in [0.15, 0.2) is 29.8 Å². The minimum atomic E-state index is -1.07. The number of rotatable bonds is 11. The number of benzene rings is 1. The van der Waals surface area contributed by atoms with Crippen LogP contribution in [0, 0.1) is 5.41 Å². The molecule has 0 radical (unpaired) electrons. The molecule has 0 amide bonds. The lowest BCUT2D eigenvalue weighted by molar-refractivity contribution is -0.144. The number of aliphatic carboxylic acids is 1. The van der Waals surface area contributed by atoms with Gasteiger partial charge in [-0.15, -0.1) is 0 Å². The molecular weight excluding hydrogens is 384 g/mol. The molecule has 6 nitrogen and oxygen atoms in total. The molecule has 0 saturated carbocycles. The summed E-state index contributed by atoms with van der Waals surface area (Å²) in [5.74, 6) is -1.61. The van der Waals surface area contributed by atoms with Gasteiger partial charge in [0.2, 0.25) is 0 Å². The zero-order valence-electron chi connectivity index (χ0n) is 18.9. The summed E-state index contributed by atoms with van der Waals surface area (Å²) in [4.78, 5) is 35.1. The third kappa shape index (κ3) is 7.65. The number of hydrogen-bond donors (Lipinski definition) is 1. The summed E-state index contributed by atoms with van der Waals surface area (Å²) in [5, 5.41) is 9.96. The van der Waals surface area contributed by atoms with Crippen molar-refractivity contribution in [1.82, 2.24) is 0 Å². The Kier molecular flexibility index (Phi) is 9.27. The molecule has 1 unspecified atom stereocenters. The van der Waals surface area contributed by atoms with E-state index < -0.39 is 11.4 Å². The Morgan fingerprint density at radius 3 is 2.30 bits per heavy atom. The molecule has 0 aliphatic heterocycles. The first-order valence-corrected chi connectivity index (χ1v) is 10.2. The number of carbonyl (C=O) groups is 3. The molecule has 1 aromatic carbocycles. The smallest absolute Gasteiger partial charge is 0.333 e. The standard InChI is InChI=1S/C24H34O6/c1-7-29-21(26)17(2)14-19-10-8-11-20(15-19)24(6,22(27)28)13-9-12-23(4,5)16-30-18(3)25/h8,10-11,14-15H,7,9,12-13,16H2,1-6H3,(H,27,28)/b17-14+. The third-order valence-electron chi connectivity index (χ3n) is 5.17. The highest BCUT2D eigenvalue weighted by atomic mass is 16.5. The zero-order chi connectivity index (χ0) is 22.9. The molecule has 0 aliphatic rings. The number of carboxylic acids is 1. The number of carbonyl (C=O) groups excluding carboxylic acids is 2. The van der Waals surface area contributed by atoms with Gasteiger partial charge in [-0.05, 0) is 56.2 Å². The topological polar surface area (TPSA) is 89.9 Å². The molecule has 1 aromatic rings. The summed E-state index contributed by atoms with van der Waals surface area (Å²) in [6.45, 7) is 11.1. The van der Waals surface area contributed by atoms with Crippen LogP contribution in [0.25, 0.3) is 6.08 Å². The molecule has 6 heteroatoms. The maximum absolute atomic E-state index is 12.2. The van der Waals surface area contributed by atoms with Gasteiger partial charge in [0.1, 0.15) is 0 Å². The highest BCUT2D eigenvalue weighted by molar-refractivity contribution is 5.93. The van der Waals surface area contributed by atoms with Crippen LogP contribution < -0.4 is 0 Å². The average molecular weight is 419 g/mol. The molecule has 0 spiro atoms. The predicted octanol–water partition coefficient (Wildman–Crippen LogP) is 4.75. The first kappa shape index (κ1) is 25.4. The Hall–Kier alpha value is -2.63. The van der Waals surface area contributed by atoms with Crippen LogP contribution in [0.4, 0.5) is 0 Å². The van der Waals surface area contributed by atoms with E-state index in [0.717, 1.165) is 12.0 Å². The highest BCUT2D eigenvalue weighted by Gasteiger charge is 2.35. The first-order chi connectivity index (χ1) is 13.9. The molecule has 1 atom stereocenters. The van der Waals surface area contributed by atoms with Gasteiger partial charge in [0.25, 0.3) is 0 Å². The van der Waals surface area contributed by atoms with Crippen molar-refractivity contribution in [3.8, 4) is 0 Å². The molecule has 0 bridgehead atoms. The van der Waals surface area contributed by atoms with E-state index in [4.69, 9.17) is 9.47 Å². The summed E-state index contributed by atoms with van der Waals surface area (Å²) in [6.07, 6.45) is 3.53. The van der Waals surface area contributed by atoms with Crippen LogP contribution in [0.1, 0.15) is 71.9 Å². The van der Waals surface area contributed by atoms with E-state index in [0.29, 0.717) is 37.2 Å². The number of ether oxygens (including phenoxy) is 2. The lowest BCUT2D eigenvalue weighted by atomic mass is 9.76. The van der Waals surface area contributed by atoms with Crippen molar-refractivity contribution in [1.29, 1.82) is 0 Å². The Morgan fingerprint density at radius 1 is 1.07 bits per heavy atom. The van der Waals surface area contributed by atoms with Gasteiger partial charge in [-0.1, -0.05) is 44.5 Å². The van der Waals surface area contributed by atoms with E-state index in [9.17, 15) is 19.5 Å². The zero-order valence-corrected chi connectivity index (χ0v) is 18.9. The molecule has 0 saturated heterocycles. The fraction of sp³-hybridized carbons (Fsp3) is 0.542. The minimum absolute atomic E-state index is 0.230. The Labute approximate surface area is 179 Å². The van der Waals surface area contributed by atoms with Crippen molar-refractivity contribution in [2.45, 2.75) is 66.2 Å². The van der Waals surface area contributed by atoms with Crippen LogP contribution in [0.3, 0.4) is 0 Å². The van der Waals surface area contributed by atoms with E-state index in [2.05, 4.69) is 0 Å². The lowest BCUT2D eigenvalue weighted by Gasteiger charge is -2.29. The highest BCUT2D eigenvalue weighted by Crippen LogP contribution is 2.34. The number of esters is 2. The minimum Gasteiger partial charge on any atom is -0.481 e. The van der Waals surface area contributed by atoms with Crippen molar-refractivity contribution in [2.75, 3.05) is 13.2 Å². The number of hydrogen-bond acceptors (Lipinski definition) is 5. The summed E-state index contributed by atoms with van der Waals surface area (Å²) in [7, 11) is 0. The van der Waals surface area contributed by atoms with Gasteiger partial charge < -0.3 is 14.6 Å². The average Bonchev–Trinajstić information content (AvgIpc) is 2.66. The maximum atomic E-state index is 12.2. The van der Waals surface area contributed by atoms with E-state index >= 15 is 0 Å². The molecule has 166 valence electrons. The third-order valence-corrected chi connectivity index (χ3v) is 5.17. The Balaban J connectivity index is 2.98. The quantitative estimate of drug-likeness (QED) is 0.412. The number of carboxylic acid groups (broad SMARTS) is 1. The summed E-state index contributed by atoms with van der Waals surface area (Å²) < 4.78 is 10.1. The van der Waals surface area contributed by atoms with Crippen molar-refractivity contribution in [3.63, 3.8) is 0 Å². The van der Waals surface area contributed by atoms with Gasteiger partial charge in [0.15, 0.2) is 0 Å². The van der Waals surface area contributed by atoms with E-state index in [1.54, 1.807) is 45.0 Å². The molecule has 0 heterocycles. The van der Waals surface area contributed by atoms with Crippen LogP contribution >= 0.6 is 0 Å². The monoisotopic (exact) mass is 418 g/mol. The molecule has 1 N–H and O–H groups in total. The van der Waals surface area contributed by atoms with Crippen molar-refractivity contribution in [3.05, 3.63) is 41.0 Å². The second-order valence-electron chi connectivity index (χ2n) is 8.61. The van der Waals surface area contributed by atoms with Crippen LogP contribution in [0.5, 0.6) is 0 Å². The van der Waals surface area contributed by atoms with E-state index in [1.807, 2.05) is 19.9 Å². The Morgan fingerprint density at radius 2 is 1.73 bits per heavy atom. The molecule has 0 aromatic heterocycles. The molecular formula is C24H34O6. The SMILES string of the molecule is CCOC(=O)/C(C)=C/c1cccc(C(C)(CCCC(C)(C)COC(C)=O)C(=O)O)c1. The summed E-state index contributed by atoms with van der Waals surface area (Å²) in [6, 6.07) is 7.23. The van der Waals surface area contributed by atoms with Gasteiger partial charge in [-0.3, -0.25) is 9.59 Å². The molecule has 0 fully saturated rings. The van der Waals surface area contributed by atoms with Gasteiger partial charge in [-0.2, -0.15) is 0 Å². The fourth-order valence-electron chi connectivity index (χ4n) is 3.19. The second-order valence-corrected chi connectivity index (χ2v) is 8.61. The van der Waals surface area contributed by atoms with Crippen LogP contribution in [-0.2, 0) is 29.3 Å². The molecule has 30 heavy (non-hydrogen) atoms.